The molecule has 0 aliphatic carbocycles. The number of benzene rings is 1. The zero-order valence-corrected chi connectivity index (χ0v) is 12.2. The largest absolute Gasteiger partial charge is 0.454 e. The van der Waals surface area contributed by atoms with Crippen LogP contribution in [0.5, 0.6) is 11.5 Å². The predicted molar refractivity (Wildman–Crippen MR) is 80.4 cm³/mol. The van der Waals surface area contributed by atoms with Gasteiger partial charge in [0.1, 0.15) is 0 Å². The van der Waals surface area contributed by atoms with Gasteiger partial charge in [0.25, 0.3) is 0 Å². The molecule has 0 radical (unpaired) electrons. The summed E-state index contributed by atoms with van der Waals surface area (Å²) in [6.45, 7) is 0.671. The topological polar surface area (TPSA) is 73.6 Å². The molecule has 0 spiro atoms. The highest BCUT2D eigenvalue weighted by molar-refractivity contribution is 7.09. The Labute approximate surface area is 126 Å². The number of hydrogen-bond donors (Lipinski definition) is 2. The first-order valence-electron chi connectivity index (χ1n) is 6.66. The molecular weight excluding hydrogens is 288 g/mol. The summed E-state index contributed by atoms with van der Waals surface area (Å²) in [5.74, 6) is 1.30. The van der Waals surface area contributed by atoms with Gasteiger partial charge in [-0.05, 0) is 29.1 Å². The van der Waals surface area contributed by atoms with E-state index in [9.17, 15) is 4.79 Å². The Balaban J connectivity index is 1.53. The Morgan fingerprint density at radius 2 is 2.19 bits per heavy atom. The van der Waals surface area contributed by atoms with Gasteiger partial charge in [0, 0.05) is 17.8 Å². The van der Waals surface area contributed by atoms with Crippen LogP contribution in [-0.2, 0) is 17.8 Å². The molecule has 1 amide bonds. The second kappa shape index (κ2) is 6.15. The molecule has 1 aromatic carbocycles. The molecule has 2 aromatic rings. The lowest BCUT2D eigenvalue weighted by Gasteiger charge is -2.11. The number of nitrogens with one attached hydrogen (secondary N) is 1. The van der Waals surface area contributed by atoms with Crippen molar-refractivity contribution in [2.24, 2.45) is 5.73 Å². The molecule has 3 rings (SSSR count). The molecule has 1 unspecified atom stereocenters. The first-order chi connectivity index (χ1) is 10.2. The first-order valence-corrected chi connectivity index (χ1v) is 7.54. The molecule has 1 atom stereocenters. The second-order valence-corrected chi connectivity index (χ2v) is 5.83. The van der Waals surface area contributed by atoms with Gasteiger partial charge in [-0.2, -0.15) is 0 Å². The zero-order chi connectivity index (χ0) is 14.7. The van der Waals surface area contributed by atoms with Gasteiger partial charge in [-0.3, -0.25) is 4.79 Å². The fourth-order valence-corrected chi connectivity index (χ4v) is 2.87. The van der Waals surface area contributed by atoms with Gasteiger partial charge in [0.15, 0.2) is 11.5 Å². The molecule has 1 aliphatic rings. The van der Waals surface area contributed by atoms with Crippen molar-refractivity contribution < 1.29 is 14.3 Å². The Morgan fingerprint density at radius 3 is 3.00 bits per heavy atom. The number of hydrogen-bond acceptors (Lipinski definition) is 5. The van der Waals surface area contributed by atoms with Crippen LogP contribution in [-0.4, -0.2) is 18.7 Å². The third kappa shape index (κ3) is 3.34. The highest BCUT2D eigenvalue weighted by atomic mass is 32.1. The van der Waals surface area contributed by atoms with E-state index in [-0.39, 0.29) is 12.7 Å². The standard InChI is InChI=1S/C15H16N2O3S/c16-12(7-11-2-1-5-21-11)15(18)17-8-10-3-4-13-14(6-10)20-9-19-13/h1-6,12H,7-9,16H2,(H,17,18). The number of thiophene rings is 1. The lowest BCUT2D eigenvalue weighted by Crippen LogP contribution is -2.41. The summed E-state index contributed by atoms with van der Waals surface area (Å²) in [5.41, 5.74) is 6.87. The predicted octanol–water partition coefficient (Wildman–Crippen LogP) is 1.66. The summed E-state index contributed by atoms with van der Waals surface area (Å²) in [7, 11) is 0. The van der Waals surface area contributed by atoms with Crippen LogP contribution in [0.2, 0.25) is 0 Å². The SMILES string of the molecule is NC(Cc1cccs1)C(=O)NCc1ccc2c(c1)OCO2. The Kier molecular flexibility index (Phi) is 4.08. The summed E-state index contributed by atoms with van der Waals surface area (Å²) < 4.78 is 10.6. The third-order valence-corrected chi connectivity index (χ3v) is 4.14. The minimum Gasteiger partial charge on any atom is -0.454 e. The van der Waals surface area contributed by atoms with E-state index < -0.39 is 6.04 Å². The van der Waals surface area contributed by atoms with E-state index in [2.05, 4.69) is 5.32 Å². The van der Waals surface area contributed by atoms with Crippen molar-refractivity contribution in [2.45, 2.75) is 19.0 Å². The van der Waals surface area contributed by atoms with Gasteiger partial charge in [0.2, 0.25) is 12.7 Å². The van der Waals surface area contributed by atoms with Crippen LogP contribution in [0.15, 0.2) is 35.7 Å². The summed E-state index contributed by atoms with van der Waals surface area (Å²) >= 11 is 1.61. The minimum absolute atomic E-state index is 0.152. The maximum absolute atomic E-state index is 12.0. The monoisotopic (exact) mass is 304 g/mol. The number of fused-ring (bicyclic) bond motifs is 1. The number of carbonyl (C=O) groups is 1. The normalized spacial score (nSPS) is 14.0. The van der Waals surface area contributed by atoms with Gasteiger partial charge in [-0.15, -0.1) is 11.3 Å². The van der Waals surface area contributed by atoms with Crippen LogP contribution in [0.1, 0.15) is 10.4 Å². The van der Waals surface area contributed by atoms with Gasteiger partial charge in [-0.25, -0.2) is 0 Å². The fraction of sp³-hybridized carbons (Fsp3) is 0.267. The molecule has 5 nitrogen and oxygen atoms in total. The molecule has 0 saturated heterocycles. The van der Waals surface area contributed by atoms with Crippen LogP contribution < -0.4 is 20.5 Å². The lowest BCUT2D eigenvalue weighted by atomic mass is 10.1. The molecule has 2 heterocycles. The molecule has 6 heteroatoms. The summed E-state index contributed by atoms with van der Waals surface area (Å²) in [6, 6.07) is 9.02. The molecule has 0 saturated carbocycles. The van der Waals surface area contributed by atoms with E-state index in [0.29, 0.717) is 18.7 Å². The molecular formula is C15H16N2O3S. The van der Waals surface area contributed by atoms with E-state index >= 15 is 0 Å². The van der Waals surface area contributed by atoms with E-state index in [1.807, 2.05) is 35.7 Å². The highest BCUT2D eigenvalue weighted by Gasteiger charge is 2.16. The lowest BCUT2D eigenvalue weighted by molar-refractivity contribution is -0.122. The maximum Gasteiger partial charge on any atom is 0.237 e. The van der Waals surface area contributed by atoms with Crippen molar-refractivity contribution in [2.75, 3.05) is 6.79 Å². The van der Waals surface area contributed by atoms with Crippen LogP contribution in [0.25, 0.3) is 0 Å². The number of rotatable bonds is 5. The van der Waals surface area contributed by atoms with Crippen LogP contribution in [0.4, 0.5) is 0 Å². The smallest absolute Gasteiger partial charge is 0.237 e. The molecule has 0 fully saturated rings. The van der Waals surface area contributed by atoms with E-state index in [0.717, 1.165) is 16.2 Å². The van der Waals surface area contributed by atoms with Gasteiger partial charge in [-0.1, -0.05) is 12.1 Å². The van der Waals surface area contributed by atoms with Gasteiger partial charge in [0.05, 0.1) is 6.04 Å². The molecule has 110 valence electrons. The van der Waals surface area contributed by atoms with Crippen molar-refractivity contribution in [3.63, 3.8) is 0 Å². The highest BCUT2D eigenvalue weighted by Crippen LogP contribution is 2.32. The zero-order valence-electron chi connectivity index (χ0n) is 11.4. The maximum atomic E-state index is 12.0. The number of nitrogens with two attached hydrogens (primary N) is 1. The van der Waals surface area contributed by atoms with Crippen molar-refractivity contribution in [3.05, 3.63) is 46.2 Å². The second-order valence-electron chi connectivity index (χ2n) is 4.80. The summed E-state index contributed by atoms with van der Waals surface area (Å²) in [5, 5.41) is 4.83. The fourth-order valence-electron chi connectivity index (χ4n) is 2.11. The summed E-state index contributed by atoms with van der Waals surface area (Å²) in [4.78, 5) is 13.1. The van der Waals surface area contributed by atoms with Gasteiger partial charge >= 0.3 is 0 Å². The number of ether oxygens (including phenoxy) is 2. The Hall–Kier alpha value is -2.05. The van der Waals surface area contributed by atoms with Gasteiger partial charge < -0.3 is 20.5 Å². The van der Waals surface area contributed by atoms with Crippen LogP contribution in [0, 0.1) is 0 Å². The van der Waals surface area contributed by atoms with Crippen molar-refractivity contribution in [3.8, 4) is 11.5 Å². The molecule has 1 aliphatic heterocycles. The van der Waals surface area contributed by atoms with Crippen LogP contribution in [0.3, 0.4) is 0 Å². The molecule has 1 aromatic heterocycles. The quantitative estimate of drug-likeness (QED) is 0.881. The Bertz CT molecular complexity index is 628. The first kappa shape index (κ1) is 13.9. The molecule has 21 heavy (non-hydrogen) atoms. The minimum atomic E-state index is -0.530. The van der Waals surface area contributed by atoms with E-state index in [1.165, 1.54) is 0 Å². The number of amides is 1. The molecule has 3 N–H and O–H groups in total. The average Bonchev–Trinajstić information content (AvgIpc) is 3.14. The average molecular weight is 304 g/mol. The van der Waals surface area contributed by atoms with E-state index in [1.54, 1.807) is 11.3 Å². The molecule has 0 bridgehead atoms. The summed E-state index contributed by atoms with van der Waals surface area (Å²) in [6.07, 6.45) is 0.560. The van der Waals surface area contributed by atoms with Crippen molar-refractivity contribution >= 4 is 17.2 Å². The van der Waals surface area contributed by atoms with Crippen molar-refractivity contribution in [1.82, 2.24) is 5.32 Å². The van der Waals surface area contributed by atoms with Crippen molar-refractivity contribution in [1.29, 1.82) is 0 Å². The van der Waals surface area contributed by atoms with E-state index in [4.69, 9.17) is 15.2 Å². The number of carbonyl (C=O) groups excluding carboxylic acids is 1. The Morgan fingerprint density at radius 1 is 1.33 bits per heavy atom. The van der Waals surface area contributed by atoms with Crippen LogP contribution >= 0.6 is 11.3 Å². The third-order valence-electron chi connectivity index (χ3n) is 3.24.